The van der Waals surface area contributed by atoms with Gasteiger partial charge in [0.1, 0.15) is 11.2 Å². The van der Waals surface area contributed by atoms with Gasteiger partial charge >= 0.3 is 5.97 Å². The van der Waals surface area contributed by atoms with Gasteiger partial charge in [-0.05, 0) is 12.8 Å². The molecule has 2 rings (SSSR count). The first kappa shape index (κ1) is 14.0. The summed E-state index contributed by atoms with van der Waals surface area (Å²) in [5, 5.41) is 22.4. The van der Waals surface area contributed by atoms with Crippen LogP contribution in [0.25, 0.3) is 0 Å². The fourth-order valence-electron chi connectivity index (χ4n) is 2.45. The van der Waals surface area contributed by atoms with Crippen LogP contribution in [0, 0.1) is 10.1 Å². The summed E-state index contributed by atoms with van der Waals surface area (Å²) in [6.45, 7) is 0. The Morgan fingerprint density at radius 3 is 2.50 bits per heavy atom. The molecular weight excluding hydrogens is 266 g/mol. The number of carboxylic acids is 1. The molecule has 0 bridgehead atoms. The Labute approximate surface area is 114 Å². The second kappa shape index (κ2) is 5.32. The zero-order valence-electron chi connectivity index (χ0n) is 10.7. The molecule has 0 radical (unpaired) electrons. The maximum atomic E-state index is 12.0. The highest BCUT2D eigenvalue weighted by atomic mass is 16.6. The average molecular weight is 281 g/mol. The summed E-state index contributed by atoms with van der Waals surface area (Å²) in [4.78, 5) is 35.9. The van der Waals surface area contributed by atoms with Gasteiger partial charge in [0.15, 0.2) is 0 Å². The summed E-state index contributed by atoms with van der Waals surface area (Å²) in [7, 11) is 0. The van der Waals surface area contributed by atoms with Crippen molar-refractivity contribution in [2.45, 2.75) is 37.6 Å². The van der Waals surface area contributed by atoms with E-state index in [1.807, 2.05) is 0 Å². The number of rotatable bonds is 4. The van der Waals surface area contributed by atoms with Gasteiger partial charge in [0, 0.05) is 6.07 Å². The van der Waals surface area contributed by atoms with E-state index in [4.69, 9.17) is 0 Å². The minimum atomic E-state index is -1.27. The van der Waals surface area contributed by atoms with Crippen molar-refractivity contribution in [3.05, 3.63) is 28.1 Å². The van der Waals surface area contributed by atoms with Crippen LogP contribution in [0.4, 0.5) is 5.69 Å². The summed E-state index contributed by atoms with van der Waals surface area (Å²) >= 11 is 0. The number of carboxylic acid groups (broad SMARTS) is 1. The minimum absolute atomic E-state index is 0.0112. The summed E-state index contributed by atoms with van der Waals surface area (Å²) in [5.74, 6) is -1.70. The number of carbonyl (C=O) groups is 2. The average Bonchev–Trinajstić information content (AvgIpc) is 2.89. The molecule has 1 fully saturated rings. The Morgan fingerprint density at radius 2 is 2.00 bits per heavy atom. The van der Waals surface area contributed by atoms with Crippen LogP contribution in [0.15, 0.2) is 12.3 Å². The number of nitrogens with one attached hydrogen (secondary N) is 2. The standard InChI is InChI=1S/C12H15N3O5/c16-10(9-6-8(7-13-9)15(19)20)14-12(11(17)18)4-2-1-3-5-12/h6-7,13H,1-5H2,(H,14,16)(H,17,18). The van der Waals surface area contributed by atoms with Gasteiger partial charge in [-0.2, -0.15) is 0 Å². The van der Waals surface area contributed by atoms with E-state index in [2.05, 4.69) is 10.3 Å². The number of aliphatic carboxylic acids is 1. The van der Waals surface area contributed by atoms with Crippen molar-refractivity contribution in [2.24, 2.45) is 0 Å². The number of amides is 1. The molecule has 0 aliphatic heterocycles. The van der Waals surface area contributed by atoms with E-state index in [0.717, 1.165) is 31.5 Å². The molecule has 1 heterocycles. The van der Waals surface area contributed by atoms with Crippen molar-refractivity contribution in [3.8, 4) is 0 Å². The number of aromatic nitrogens is 1. The molecule has 1 aliphatic carbocycles. The van der Waals surface area contributed by atoms with Gasteiger partial charge in [0.25, 0.3) is 11.6 Å². The van der Waals surface area contributed by atoms with Crippen LogP contribution in [0.3, 0.4) is 0 Å². The molecule has 0 unspecified atom stereocenters. The molecule has 8 nitrogen and oxygen atoms in total. The molecule has 20 heavy (non-hydrogen) atoms. The van der Waals surface area contributed by atoms with Crippen LogP contribution in [0.5, 0.6) is 0 Å². The highest BCUT2D eigenvalue weighted by molar-refractivity contribution is 5.97. The van der Waals surface area contributed by atoms with E-state index in [1.165, 1.54) is 0 Å². The second-order valence-corrected chi connectivity index (χ2v) is 4.93. The molecule has 1 aliphatic rings. The number of H-pyrrole nitrogens is 1. The topological polar surface area (TPSA) is 125 Å². The summed E-state index contributed by atoms with van der Waals surface area (Å²) in [6.07, 6.45) is 4.25. The SMILES string of the molecule is O=C(NC1(C(=O)O)CCCCC1)c1cc([N+](=O)[O-])c[nH]1. The monoisotopic (exact) mass is 281 g/mol. The molecule has 1 saturated carbocycles. The molecule has 3 N–H and O–H groups in total. The van der Waals surface area contributed by atoms with Gasteiger partial charge in [-0.25, -0.2) is 4.79 Å². The van der Waals surface area contributed by atoms with Gasteiger partial charge in [-0.15, -0.1) is 0 Å². The Hall–Kier alpha value is -2.38. The largest absolute Gasteiger partial charge is 0.480 e. The predicted molar refractivity (Wildman–Crippen MR) is 68.4 cm³/mol. The van der Waals surface area contributed by atoms with Gasteiger partial charge in [-0.3, -0.25) is 14.9 Å². The molecule has 1 amide bonds. The van der Waals surface area contributed by atoms with Gasteiger partial charge in [0.2, 0.25) is 0 Å². The van der Waals surface area contributed by atoms with E-state index in [-0.39, 0.29) is 11.4 Å². The van der Waals surface area contributed by atoms with E-state index < -0.39 is 22.3 Å². The quantitative estimate of drug-likeness (QED) is 0.568. The van der Waals surface area contributed by atoms with E-state index in [1.54, 1.807) is 0 Å². The lowest BCUT2D eigenvalue weighted by Gasteiger charge is -2.33. The maximum Gasteiger partial charge on any atom is 0.329 e. The third-order valence-corrected chi connectivity index (χ3v) is 3.59. The molecule has 0 aromatic carbocycles. The van der Waals surface area contributed by atoms with Gasteiger partial charge in [-0.1, -0.05) is 19.3 Å². The number of nitrogens with zero attached hydrogens (tertiary/aromatic N) is 1. The molecule has 0 spiro atoms. The maximum absolute atomic E-state index is 12.0. The number of hydrogen-bond donors (Lipinski definition) is 3. The van der Waals surface area contributed by atoms with Crippen molar-refractivity contribution in [2.75, 3.05) is 0 Å². The van der Waals surface area contributed by atoms with E-state index in [0.29, 0.717) is 12.8 Å². The molecule has 0 saturated heterocycles. The van der Waals surface area contributed by atoms with E-state index in [9.17, 15) is 24.8 Å². The van der Waals surface area contributed by atoms with Crippen LogP contribution >= 0.6 is 0 Å². The first-order chi connectivity index (χ1) is 9.44. The molecule has 1 aromatic heterocycles. The third kappa shape index (κ3) is 2.63. The van der Waals surface area contributed by atoms with Crippen LogP contribution in [-0.4, -0.2) is 32.4 Å². The molecular formula is C12H15N3O5. The van der Waals surface area contributed by atoms with Gasteiger partial charge in [0.05, 0.1) is 11.1 Å². The van der Waals surface area contributed by atoms with Crippen LogP contribution < -0.4 is 5.32 Å². The molecule has 108 valence electrons. The van der Waals surface area contributed by atoms with Crippen molar-refractivity contribution in [1.82, 2.24) is 10.3 Å². The van der Waals surface area contributed by atoms with Crippen molar-refractivity contribution in [1.29, 1.82) is 0 Å². The molecule has 8 heteroatoms. The Kier molecular flexibility index (Phi) is 3.73. The highest BCUT2D eigenvalue weighted by Gasteiger charge is 2.41. The molecule has 0 atom stereocenters. The fraction of sp³-hybridized carbons (Fsp3) is 0.500. The summed E-state index contributed by atoms with van der Waals surface area (Å²) in [6, 6.07) is 1.09. The summed E-state index contributed by atoms with van der Waals surface area (Å²) < 4.78 is 0. The fourth-order valence-corrected chi connectivity index (χ4v) is 2.45. The van der Waals surface area contributed by atoms with E-state index >= 15 is 0 Å². The van der Waals surface area contributed by atoms with Crippen LogP contribution in [-0.2, 0) is 4.79 Å². The number of carbonyl (C=O) groups excluding carboxylic acids is 1. The first-order valence-corrected chi connectivity index (χ1v) is 6.33. The van der Waals surface area contributed by atoms with Gasteiger partial charge < -0.3 is 15.4 Å². The number of aromatic amines is 1. The minimum Gasteiger partial charge on any atom is -0.480 e. The summed E-state index contributed by atoms with van der Waals surface area (Å²) in [5.41, 5.74) is -1.51. The van der Waals surface area contributed by atoms with Crippen LogP contribution in [0.1, 0.15) is 42.6 Å². The number of hydrogen-bond acceptors (Lipinski definition) is 4. The second-order valence-electron chi connectivity index (χ2n) is 4.93. The Morgan fingerprint density at radius 1 is 1.35 bits per heavy atom. The third-order valence-electron chi connectivity index (χ3n) is 3.59. The Balaban J connectivity index is 2.15. The van der Waals surface area contributed by atoms with Crippen molar-refractivity contribution >= 4 is 17.6 Å². The lowest BCUT2D eigenvalue weighted by Crippen LogP contribution is -2.55. The number of nitro groups is 1. The lowest BCUT2D eigenvalue weighted by molar-refractivity contribution is -0.384. The van der Waals surface area contributed by atoms with Crippen LogP contribution in [0.2, 0.25) is 0 Å². The molecule has 1 aromatic rings. The zero-order chi connectivity index (χ0) is 14.8. The highest BCUT2D eigenvalue weighted by Crippen LogP contribution is 2.29. The predicted octanol–water partition coefficient (Wildman–Crippen LogP) is 1.44. The first-order valence-electron chi connectivity index (χ1n) is 6.33. The Bertz CT molecular complexity index is 545. The smallest absolute Gasteiger partial charge is 0.329 e. The van der Waals surface area contributed by atoms with Crippen molar-refractivity contribution in [3.63, 3.8) is 0 Å². The normalized spacial score (nSPS) is 17.4. The van der Waals surface area contributed by atoms with Crippen molar-refractivity contribution < 1.29 is 19.6 Å². The zero-order valence-corrected chi connectivity index (χ0v) is 10.7. The lowest BCUT2D eigenvalue weighted by atomic mass is 9.81.